The molecule has 0 spiro atoms. The van der Waals surface area contributed by atoms with E-state index in [1.807, 2.05) is 12.4 Å². The average molecular weight is 265 g/mol. The van der Waals surface area contributed by atoms with E-state index in [1.165, 1.54) is 12.0 Å². The lowest BCUT2D eigenvalue weighted by atomic mass is 10.3. The average Bonchev–Trinajstić information content (AvgIpc) is 2.77. The van der Waals surface area contributed by atoms with Crippen molar-refractivity contribution in [2.45, 2.75) is 13.3 Å². The van der Waals surface area contributed by atoms with E-state index in [1.54, 1.807) is 23.5 Å². The molecule has 0 aliphatic carbocycles. The van der Waals surface area contributed by atoms with Crippen molar-refractivity contribution in [1.82, 2.24) is 9.97 Å². The van der Waals surface area contributed by atoms with Crippen molar-refractivity contribution in [2.75, 3.05) is 19.5 Å². The molecular weight excluding hydrogens is 250 g/mol. The lowest BCUT2D eigenvalue weighted by molar-refractivity contribution is 0.302. The quantitative estimate of drug-likeness (QED) is 0.896. The minimum atomic E-state index is 0.390. The van der Waals surface area contributed by atoms with Crippen LogP contribution in [-0.2, 0) is 6.42 Å². The standard InChI is InChI=1S/C12H15N3O2S/c1-8-10(18-7-14-8)5-6-17-11-4-3-9(13)12(15-11)16-2/h3-4,7H,5-6,13H2,1-2H3. The molecule has 0 aromatic carbocycles. The van der Waals surface area contributed by atoms with Crippen LogP contribution in [0.15, 0.2) is 17.6 Å². The minimum Gasteiger partial charge on any atom is -0.479 e. The molecule has 2 rings (SSSR count). The number of hydrogen-bond acceptors (Lipinski definition) is 6. The van der Waals surface area contributed by atoms with E-state index in [2.05, 4.69) is 9.97 Å². The first kappa shape index (κ1) is 12.6. The molecule has 0 aliphatic rings. The van der Waals surface area contributed by atoms with E-state index in [-0.39, 0.29) is 0 Å². The predicted octanol–water partition coefficient (Wildman–Crippen LogP) is 2.06. The smallest absolute Gasteiger partial charge is 0.240 e. The Kier molecular flexibility index (Phi) is 3.99. The van der Waals surface area contributed by atoms with Gasteiger partial charge in [0.15, 0.2) is 0 Å². The normalized spacial score (nSPS) is 10.3. The first-order valence-electron chi connectivity index (χ1n) is 5.53. The Bertz CT molecular complexity index is 528. The van der Waals surface area contributed by atoms with Gasteiger partial charge in [0.25, 0.3) is 0 Å². The first-order chi connectivity index (χ1) is 8.70. The van der Waals surface area contributed by atoms with E-state index >= 15 is 0 Å². The van der Waals surface area contributed by atoms with Crippen LogP contribution in [0.4, 0.5) is 5.69 Å². The summed E-state index contributed by atoms with van der Waals surface area (Å²) in [6.45, 7) is 2.55. The topological polar surface area (TPSA) is 70.3 Å². The number of nitrogens with zero attached hydrogens (tertiary/aromatic N) is 2. The SMILES string of the molecule is COc1nc(OCCc2scnc2C)ccc1N. The van der Waals surface area contributed by atoms with Crippen molar-refractivity contribution in [3.05, 3.63) is 28.2 Å². The molecule has 0 aliphatic heterocycles. The summed E-state index contributed by atoms with van der Waals surface area (Å²) in [4.78, 5) is 9.58. The van der Waals surface area contributed by atoms with Gasteiger partial charge in [-0.25, -0.2) is 4.98 Å². The molecular formula is C12H15N3O2S. The Morgan fingerprint density at radius 1 is 1.39 bits per heavy atom. The molecule has 6 heteroatoms. The van der Waals surface area contributed by atoms with Crippen LogP contribution < -0.4 is 15.2 Å². The maximum absolute atomic E-state index is 5.68. The van der Waals surface area contributed by atoms with Gasteiger partial charge in [-0.15, -0.1) is 11.3 Å². The Morgan fingerprint density at radius 2 is 2.22 bits per heavy atom. The number of ether oxygens (including phenoxy) is 2. The van der Waals surface area contributed by atoms with E-state index in [0.29, 0.717) is 24.1 Å². The highest BCUT2D eigenvalue weighted by Gasteiger charge is 2.05. The summed E-state index contributed by atoms with van der Waals surface area (Å²) in [6, 6.07) is 3.45. The Balaban J connectivity index is 1.92. The van der Waals surface area contributed by atoms with Crippen LogP contribution >= 0.6 is 11.3 Å². The van der Waals surface area contributed by atoms with Gasteiger partial charge >= 0.3 is 0 Å². The summed E-state index contributed by atoms with van der Waals surface area (Å²) in [5.41, 5.74) is 9.08. The van der Waals surface area contributed by atoms with Gasteiger partial charge in [-0.3, -0.25) is 0 Å². The number of nitrogen functional groups attached to an aromatic ring is 1. The van der Waals surface area contributed by atoms with Crippen LogP contribution in [0.25, 0.3) is 0 Å². The van der Waals surface area contributed by atoms with E-state index in [4.69, 9.17) is 15.2 Å². The molecule has 0 bridgehead atoms. The number of aromatic nitrogens is 2. The van der Waals surface area contributed by atoms with Crippen LogP contribution in [0.2, 0.25) is 0 Å². The van der Waals surface area contributed by atoms with Crippen molar-refractivity contribution in [1.29, 1.82) is 0 Å². The number of hydrogen-bond donors (Lipinski definition) is 1. The van der Waals surface area contributed by atoms with Crippen molar-refractivity contribution in [2.24, 2.45) is 0 Å². The lowest BCUT2D eigenvalue weighted by Gasteiger charge is -2.07. The Labute approximate surface area is 110 Å². The molecule has 0 unspecified atom stereocenters. The molecule has 18 heavy (non-hydrogen) atoms. The number of anilines is 1. The summed E-state index contributed by atoms with van der Waals surface area (Å²) in [5, 5.41) is 0. The van der Waals surface area contributed by atoms with Gasteiger partial charge in [-0.05, 0) is 13.0 Å². The molecule has 0 saturated heterocycles. The fourth-order valence-electron chi connectivity index (χ4n) is 1.49. The summed E-state index contributed by atoms with van der Waals surface area (Å²) >= 11 is 1.64. The van der Waals surface area contributed by atoms with Gasteiger partial charge in [0.05, 0.1) is 30.6 Å². The van der Waals surface area contributed by atoms with E-state index in [9.17, 15) is 0 Å². The summed E-state index contributed by atoms with van der Waals surface area (Å²) in [7, 11) is 1.53. The maximum Gasteiger partial charge on any atom is 0.240 e. The van der Waals surface area contributed by atoms with Gasteiger partial charge in [-0.1, -0.05) is 0 Å². The summed E-state index contributed by atoms with van der Waals surface area (Å²) in [5.74, 6) is 0.907. The Hall–Kier alpha value is -1.82. The van der Waals surface area contributed by atoms with E-state index < -0.39 is 0 Å². The van der Waals surface area contributed by atoms with E-state index in [0.717, 1.165) is 12.1 Å². The van der Waals surface area contributed by atoms with Crippen molar-refractivity contribution >= 4 is 17.0 Å². The highest BCUT2D eigenvalue weighted by atomic mass is 32.1. The van der Waals surface area contributed by atoms with Gasteiger partial charge in [-0.2, -0.15) is 4.98 Å². The predicted molar refractivity (Wildman–Crippen MR) is 71.3 cm³/mol. The second kappa shape index (κ2) is 5.68. The maximum atomic E-state index is 5.68. The highest BCUT2D eigenvalue weighted by molar-refractivity contribution is 7.09. The van der Waals surface area contributed by atoms with Crippen molar-refractivity contribution < 1.29 is 9.47 Å². The second-order valence-electron chi connectivity index (χ2n) is 3.71. The number of thiazole rings is 1. The number of nitrogens with two attached hydrogens (primary N) is 1. The third-order valence-corrected chi connectivity index (χ3v) is 3.48. The second-order valence-corrected chi connectivity index (χ2v) is 4.65. The molecule has 0 atom stereocenters. The highest BCUT2D eigenvalue weighted by Crippen LogP contribution is 2.21. The molecule has 0 saturated carbocycles. The van der Waals surface area contributed by atoms with Gasteiger partial charge in [0, 0.05) is 17.4 Å². The first-order valence-corrected chi connectivity index (χ1v) is 6.41. The third kappa shape index (κ3) is 2.89. The van der Waals surface area contributed by atoms with Gasteiger partial charge in [0.1, 0.15) is 0 Å². The monoisotopic (exact) mass is 265 g/mol. The summed E-state index contributed by atoms with van der Waals surface area (Å²) in [6.07, 6.45) is 0.824. The molecule has 2 aromatic heterocycles. The summed E-state index contributed by atoms with van der Waals surface area (Å²) < 4.78 is 10.6. The van der Waals surface area contributed by atoms with Gasteiger partial charge < -0.3 is 15.2 Å². The molecule has 0 radical (unpaired) electrons. The van der Waals surface area contributed by atoms with Crippen LogP contribution in [0, 0.1) is 6.92 Å². The molecule has 96 valence electrons. The largest absolute Gasteiger partial charge is 0.479 e. The number of rotatable bonds is 5. The van der Waals surface area contributed by atoms with Crippen LogP contribution in [0.5, 0.6) is 11.8 Å². The fraction of sp³-hybridized carbons (Fsp3) is 0.333. The van der Waals surface area contributed by atoms with Gasteiger partial charge in [0.2, 0.25) is 11.8 Å². The molecule has 5 nitrogen and oxygen atoms in total. The minimum absolute atomic E-state index is 0.390. The van der Waals surface area contributed by atoms with Crippen LogP contribution in [0.1, 0.15) is 10.6 Å². The van der Waals surface area contributed by atoms with Crippen molar-refractivity contribution in [3.8, 4) is 11.8 Å². The fourth-order valence-corrected chi connectivity index (χ4v) is 2.26. The Morgan fingerprint density at radius 3 is 2.89 bits per heavy atom. The number of methoxy groups -OCH3 is 1. The molecule has 2 heterocycles. The molecule has 0 fully saturated rings. The third-order valence-electron chi connectivity index (χ3n) is 2.48. The number of pyridine rings is 1. The zero-order valence-corrected chi connectivity index (χ0v) is 11.2. The molecule has 2 N–H and O–H groups in total. The lowest BCUT2D eigenvalue weighted by Crippen LogP contribution is -2.04. The van der Waals surface area contributed by atoms with Crippen LogP contribution in [0.3, 0.4) is 0 Å². The number of aryl methyl sites for hydroxylation is 1. The van der Waals surface area contributed by atoms with Crippen LogP contribution in [-0.4, -0.2) is 23.7 Å². The zero-order chi connectivity index (χ0) is 13.0. The zero-order valence-electron chi connectivity index (χ0n) is 10.3. The van der Waals surface area contributed by atoms with Crippen molar-refractivity contribution in [3.63, 3.8) is 0 Å². The molecule has 0 amide bonds. The molecule has 2 aromatic rings.